The largest absolute Gasteiger partial charge is 0.441 e. The molecule has 1 saturated carbocycles. The highest BCUT2D eigenvalue weighted by molar-refractivity contribution is 7.99. The van der Waals surface area contributed by atoms with E-state index in [1.165, 1.54) is 24.9 Å². The number of hydrogen-bond donors (Lipinski definition) is 0. The molecule has 1 saturated heterocycles. The molecule has 33 heavy (non-hydrogen) atoms. The summed E-state index contributed by atoms with van der Waals surface area (Å²) in [6, 6.07) is 6.63. The number of hydrogen-bond acceptors (Lipinski definition) is 8. The number of oxazole rings is 2. The lowest BCUT2D eigenvalue weighted by Gasteiger charge is -2.21. The fraction of sp³-hybridized carbons (Fsp3) is 0.500. The maximum Gasteiger partial charge on any atom is 0.202 e. The third-order valence-corrected chi connectivity index (χ3v) is 8.27. The second-order valence-electron chi connectivity index (χ2n) is 9.27. The first-order chi connectivity index (χ1) is 16.1. The molecule has 9 heteroatoms. The molecule has 0 bridgehead atoms. The summed E-state index contributed by atoms with van der Waals surface area (Å²) in [5.41, 5.74) is 4.49. The third kappa shape index (κ3) is 3.58. The van der Waals surface area contributed by atoms with Gasteiger partial charge in [0.15, 0.2) is 28.8 Å². The van der Waals surface area contributed by atoms with E-state index in [1.54, 1.807) is 11.8 Å². The van der Waals surface area contributed by atoms with Crippen LogP contribution in [0, 0.1) is 12.8 Å². The van der Waals surface area contributed by atoms with Gasteiger partial charge in [-0.25, -0.2) is 9.97 Å². The van der Waals surface area contributed by atoms with Gasteiger partial charge in [-0.15, -0.1) is 10.2 Å². The van der Waals surface area contributed by atoms with Crippen molar-refractivity contribution in [1.29, 1.82) is 0 Å². The molecule has 1 aliphatic carbocycles. The van der Waals surface area contributed by atoms with Crippen molar-refractivity contribution >= 4 is 22.9 Å². The van der Waals surface area contributed by atoms with Gasteiger partial charge in [0.25, 0.3) is 0 Å². The molecule has 6 rings (SSSR count). The quantitative estimate of drug-likeness (QED) is 0.283. The first-order valence-corrected chi connectivity index (χ1v) is 12.6. The summed E-state index contributed by atoms with van der Waals surface area (Å²) in [4.78, 5) is 11.4. The molecule has 0 radical (unpaired) electrons. The molecule has 0 spiro atoms. The minimum atomic E-state index is 0.320. The lowest BCUT2D eigenvalue weighted by molar-refractivity contribution is 0.299. The lowest BCUT2D eigenvalue weighted by atomic mass is 9.95. The van der Waals surface area contributed by atoms with Crippen molar-refractivity contribution in [3.63, 3.8) is 0 Å². The SMILES string of the molecule is CCc1nc2cc([C@@]34C[C@@H]3CN(CCCSc3nnc(-c5ocnc5C)n3C)C4)ccc2o1. The molecule has 1 aliphatic heterocycles. The van der Waals surface area contributed by atoms with Crippen LogP contribution in [0.4, 0.5) is 0 Å². The zero-order valence-corrected chi connectivity index (χ0v) is 20.1. The number of fused-ring (bicyclic) bond motifs is 2. The van der Waals surface area contributed by atoms with Crippen LogP contribution in [0.15, 0.2) is 38.6 Å². The molecule has 2 atom stereocenters. The normalized spacial score (nSPS) is 22.3. The predicted octanol–water partition coefficient (Wildman–Crippen LogP) is 4.24. The van der Waals surface area contributed by atoms with Gasteiger partial charge in [-0.3, -0.25) is 0 Å². The zero-order chi connectivity index (χ0) is 22.6. The van der Waals surface area contributed by atoms with Crippen LogP contribution in [0.25, 0.3) is 22.7 Å². The Balaban J connectivity index is 1.04. The number of thioether (sulfide) groups is 1. The Bertz CT molecular complexity index is 1310. The Morgan fingerprint density at radius 1 is 1.27 bits per heavy atom. The van der Waals surface area contributed by atoms with Gasteiger partial charge >= 0.3 is 0 Å². The average molecular weight is 465 g/mol. The van der Waals surface area contributed by atoms with E-state index < -0.39 is 0 Å². The molecule has 4 aromatic rings. The lowest BCUT2D eigenvalue weighted by Crippen LogP contribution is -2.27. The van der Waals surface area contributed by atoms with E-state index in [2.05, 4.69) is 50.2 Å². The molecule has 4 heterocycles. The number of aryl methyl sites for hydroxylation is 2. The van der Waals surface area contributed by atoms with Crippen molar-refractivity contribution in [3.05, 3.63) is 41.7 Å². The van der Waals surface area contributed by atoms with Crippen LogP contribution in [0.3, 0.4) is 0 Å². The van der Waals surface area contributed by atoms with Crippen molar-refractivity contribution in [2.75, 3.05) is 25.4 Å². The van der Waals surface area contributed by atoms with Gasteiger partial charge in [0.1, 0.15) is 5.52 Å². The number of likely N-dealkylation sites (tertiary alicyclic amines) is 1. The fourth-order valence-electron chi connectivity index (χ4n) is 5.25. The van der Waals surface area contributed by atoms with Gasteiger partial charge in [-0.2, -0.15) is 0 Å². The van der Waals surface area contributed by atoms with Crippen molar-refractivity contribution in [1.82, 2.24) is 29.6 Å². The highest BCUT2D eigenvalue weighted by atomic mass is 32.2. The van der Waals surface area contributed by atoms with Gasteiger partial charge in [0.2, 0.25) is 5.82 Å². The monoisotopic (exact) mass is 464 g/mol. The van der Waals surface area contributed by atoms with Crippen LogP contribution in [0.1, 0.15) is 36.9 Å². The molecule has 1 aromatic carbocycles. The highest BCUT2D eigenvalue weighted by Crippen LogP contribution is 2.59. The van der Waals surface area contributed by atoms with Crippen molar-refractivity contribution in [2.24, 2.45) is 13.0 Å². The first kappa shape index (κ1) is 20.9. The summed E-state index contributed by atoms with van der Waals surface area (Å²) in [6.45, 7) is 7.45. The molecule has 0 unspecified atom stereocenters. The maximum absolute atomic E-state index is 5.80. The Kier molecular flexibility index (Phi) is 5.06. The smallest absolute Gasteiger partial charge is 0.202 e. The minimum Gasteiger partial charge on any atom is -0.441 e. The standard InChI is InChI=1S/C24H28N6O2S/c1-4-20-26-18-10-16(6-7-19(18)32-20)24-11-17(24)12-30(13-24)8-5-9-33-23-28-27-22(29(23)3)21-15(2)25-14-31-21/h6-7,10,14,17H,4-5,8-9,11-13H2,1-3H3/t17-,24+/m1/s1. The number of aromatic nitrogens is 5. The number of nitrogens with zero attached hydrogens (tertiary/aromatic N) is 6. The zero-order valence-electron chi connectivity index (χ0n) is 19.2. The molecule has 3 aromatic heterocycles. The topological polar surface area (TPSA) is 86.0 Å². The maximum atomic E-state index is 5.80. The molecule has 2 fully saturated rings. The summed E-state index contributed by atoms with van der Waals surface area (Å²) in [7, 11) is 1.98. The second-order valence-corrected chi connectivity index (χ2v) is 10.3. The summed E-state index contributed by atoms with van der Waals surface area (Å²) < 4.78 is 13.3. The summed E-state index contributed by atoms with van der Waals surface area (Å²) >= 11 is 1.75. The summed E-state index contributed by atoms with van der Waals surface area (Å²) in [6.07, 6.45) is 4.70. The van der Waals surface area contributed by atoms with E-state index in [0.29, 0.717) is 11.2 Å². The summed E-state index contributed by atoms with van der Waals surface area (Å²) in [5, 5.41) is 9.55. The minimum absolute atomic E-state index is 0.320. The number of rotatable bonds is 8. The van der Waals surface area contributed by atoms with Crippen molar-refractivity contribution in [2.45, 2.75) is 43.7 Å². The van der Waals surface area contributed by atoms with Gasteiger partial charge in [0.05, 0.1) is 5.69 Å². The van der Waals surface area contributed by atoms with Crippen molar-refractivity contribution < 1.29 is 8.83 Å². The van der Waals surface area contributed by atoms with Gasteiger partial charge in [0, 0.05) is 37.7 Å². The van der Waals surface area contributed by atoms with Gasteiger partial charge in [-0.05, 0) is 49.9 Å². The van der Waals surface area contributed by atoms with E-state index in [-0.39, 0.29) is 0 Å². The average Bonchev–Trinajstić information content (AvgIpc) is 3.28. The van der Waals surface area contributed by atoms with E-state index in [9.17, 15) is 0 Å². The Morgan fingerprint density at radius 3 is 3.00 bits per heavy atom. The third-order valence-electron chi connectivity index (χ3n) is 7.16. The second kappa shape index (κ2) is 7.99. The van der Waals surface area contributed by atoms with Crippen LogP contribution < -0.4 is 0 Å². The van der Waals surface area contributed by atoms with E-state index in [0.717, 1.165) is 71.3 Å². The first-order valence-electron chi connectivity index (χ1n) is 11.6. The number of benzene rings is 1. The molecule has 8 nitrogen and oxygen atoms in total. The highest BCUT2D eigenvalue weighted by Gasteiger charge is 2.60. The number of piperidine rings is 1. The Hall–Kier alpha value is -2.65. The molecule has 0 amide bonds. The van der Waals surface area contributed by atoms with Crippen LogP contribution in [0.2, 0.25) is 0 Å². The molecule has 0 N–H and O–H groups in total. The Morgan fingerprint density at radius 2 is 2.18 bits per heavy atom. The van der Waals surface area contributed by atoms with Gasteiger partial charge < -0.3 is 18.3 Å². The predicted molar refractivity (Wildman–Crippen MR) is 126 cm³/mol. The molecule has 172 valence electrons. The van der Waals surface area contributed by atoms with Gasteiger partial charge in [-0.1, -0.05) is 24.8 Å². The molecular formula is C24H28N6O2S. The van der Waals surface area contributed by atoms with Crippen molar-refractivity contribution in [3.8, 4) is 11.6 Å². The van der Waals surface area contributed by atoms with Crippen LogP contribution in [-0.4, -0.2) is 55.0 Å². The summed E-state index contributed by atoms with van der Waals surface area (Å²) in [5.74, 6) is 4.02. The molecule has 2 aliphatic rings. The van der Waals surface area contributed by atoms with Crippen LogP contribution >= 0.6 is 11.8 Å². The molecular weight excluding hydrogens is 436 g/mol. The Labute approximate surface area is 196 Å². The van der Waals surface area contributed by atoms with E-state index in [1.807, 2.05) is 18.5 Å². The van der Waals surface area contributed by atoms with Crippen LogP contribution in [0.5, 0.6) is 0 Å². The fourth-order valence-corrected chi connectivity index (χ4v) is 6.08. The van der Waals surface area contributed by atoms with E-state index >= 15 is 0 Å². The van der Waals surface area contributed by atoms with E-state index in [4.69, 9.17) is 8.83 Å². The van der Waals surface area contributed by atoms with Crippen LogP contribution in [-0.2, 0) is 18.9 Å².